The molecule has 0 fully saturated rings. The molecule has 0 aliphatic rings. The van der Waals surface area contributed by atoms with E-state index in [0.717, 1.165) is 22.3 Å². The number of aliphatic carboxylic acids is 1. The molecule has 0 amide bonds. The molecule has 0 saturated carbocycles. The maximum Gasteiger partial charge on any atom is 0.306 e. The van der Waals surface area contributed by atoms with Crippen LogP contribution in [0, 0.1) is 12.7 Å². The number of benzene rings is 2. The number of halogens is 2. The number of pyridine rings is 1. The zero-order chi connectivity index (χ0) is 21.5. The number of aromatic nitrogens is 1. The number of carboxylic acids is 1. The first-order chi connectivity index (χ1) is 14.5. The molecule has 1 aromatic heterocycles. The number of ether oxygens (including phenoxy) is 2. The Labute approximate surface area is 187 Å². The van der Waals surface area contributed by atoms with Crippen molar-refractivity contribution in [1.29, 1.82) is 0 Å². The van der Waals surface area contributed by atoms with E-state index in [1.807, 2.05) is 19.9 Å². The van der Waals surface area contributed by atoms with Gasteiger partial charge >= 0.3 is 5.97 Å². The first kappa shape index (κ1) is 24.3. The summed E-state index contributed by atoms with van der Waals surface area (Å²) in [6.07, 6.45) is 2.74. The van der Waals surface area contributed by atoms with Gasteiger partial charge in [-0.15, -0.1) is 12.4 Å². The van der Waals surface area contributed by atoms with Crippen LogP contribution in [0.3, 0.4) is 0 Å². The largest absolute Gasteiger partial charge is 0.489 e. The van der Waals surface area contributed by atoms with Crippen LogP contribution in [0.15, 0.2) is 60.9 Å². The summed E-state index contributed by atoms with van der Waals surface area (Å²) < 4.78 is 25.7. The van der Waals surface area contributed by atoms with E-state index in [1.54, 1.807) is 48.8 Å². The zero-order valence-corrected chi connectivity index (χ0v) is 18.2. The summed E-state index contributed by atoms with van der Waals surface area (Å²) in [6.45, 7) is 4.45. The Bertz CT molecular complexity index is 1010. The van der Waals surface area contributed by atoms with Crippen LogP contribution < -0.4 is 4.74 Å². The van der Waals surface area contributed by atoms with E-state index in [4.69, 9.17) is 14.6 Å². The van der Waals surface area contributed by atoms with Gasteiger partial charge in [-0.2, -0.15) is 0 Å². The molecule has 0 aliphatic heterocycles. The zero-order valence-electron chi connectivity index (χ0n) is 17.4. The highest BCUT2D eigenvalue weighted by Crippen LogP contribution is 2.27. The van der Waals surface area contributed by atoms with Crippen LogP contribution in [-0.4, -0.2) is 22.7 Å². The Kier molecular flexibility index (Phi) is 8.97. The highest BCUT2D eigenvalue weighted by molar-refractivity contribution is 5.85. The van der Waals surface area contributed by atoms with Gasteiger partial charge in [-0.05, 0) is 60.9 Å². The van der Waals surface area contributed by atoms with Gasteiger partial charge in [0.25, 0.3) is 0 Å². The molecule has 7 heteroatoms. The van der Waals surface area contributed by atoms with E-state index < -0.39 is 12.1 Å². The summed E-state index contributed by atoms with van der Waals surface area (Å²) in [5.41, 5.74) is 3.80. The minimum atomic E-state index is -0.912. The van der Waals surface area contributed by atoms with Crippen LogP contribution in [0.1, 0.15) is 36.1 Å². The normalized spacial score (nSPS) is 11.5. The van der Waals surface area contributed by atoms with E-state index in [2.05, 4.69) is 4.98 Å². The van der Waals surface area contributed by atoms with Crippen molar-refractivity contribution in [1.82, 2.24) is 4.98 Å². The van der Waals surface area contributed by atoms with E-state index in [-0.39, 0.29) is 31.3 Å². The van der Waals surface area contributed by atoms with Crippen LogP contribution in [0.2, 0.25) is 0 Å². The van der Waals surface area contributed by atoms with Gasteiger partial charge in [-0.25, -0.2) is 4.39 Å². The van der Waals surface area contributed by atoms with Crippen LogP contribution >= 0.6 is 12.4 Å². The van der Waals surface area contributed by atoms with Crippen molar-refractivity contribution in [2.75, 3.05) is 6.61 Å². The third kappa shape index (κ3) is 6.51. The summed E-state index contributed by atoms with van der Waals surface area (Å²) >= 11 is 0. The molecule has 1 atom stereocenters. The second kappa shape index (κ2) is 11.4. The van der Waals surface area contributed by atoms with Gasteiger partial charge in [0.15, 0.2) is 0 Å². The molecule has 1 heterocycles. The maximum atomic E-state index is 14.3. The highest BCUT2D eigenvalue weighted by atomic mass is 35.5. The third-order valence-corrected chi connectivity index (χ3v) is 4.75. The monoisotopic (exact) mass is 445 g/mol. The Morgan fingerprint density at radius 2 is 1.87 bits per heavy atom. The summed E-state index contributed by atoms with van der Waals surface area (Å²) in [5.74, 6) is -0.586. The molecule has 1 N–H and O–H groups in total. The van der Waals surface area contributed by atoms with Gasteiger partial charge in [-0.3, -0.25) is 9.78 Å². The number of carbonyl (C=O) groups is 1. The van der Waals surface area contributed by atoms with Gasteiger partial charge in [0.2, 0.25) is 0 Å². The summed E-state index contributed by atoms with van der Waals surface area (Å²) in [4.78, 5) is 15.1. The molecule has 0 bridgehead atoms. The summed E-state index contributed by atoms with van der Waals surface area (Å²) in [7, 11) is 0. The number of rotatable bonds is 9. The predicted octanol–water partition coefficient (Wildman–Crippen LogP) is 5.75. The van der Waals surface area contributed by atoms with Gasteiger partial charge in [0, 0.05) is 30.1 Å². The molecule has 2 aromatic carbocycles. The Balaban J connectivity index is 0.00000341. The van der Waals surface area contributed by atoms with Crippen molar-refractivity contribution >= 4 is 18.4 Å². The molecule has 3 rings (SSSR count). The molecule has 31 heavy (non-hydrogen) atoms. The van der Waals surface area contributed by atoms with E-state index in [9.17, 15) is 9.18 Å². The Hall–Kier alpha value is -2.96. The average molecular weight is 446 g/mol. The minimum absolute atomic E-state index is 0. The lowest BCUT2D eigenvalue weighted by Gasteiger charge is -2.16. The predicted molar refractivity (Wildman–Crippen MR) is 119 cm³/mol. The van der Waals surface area contributed by atoms with Crippen molar-refractivity contribution in [3.63, 3.8) is 0 Å². The van der Waals surface area contributed by atoms with E-state index >= 15 is 0 Å². The lowest BCUT2D eigenvalue weighted by Crippen LogP contribution is -2.10. The quantitative estimate of drug-likeness (QED) is 0.454. The molecule has 3 aromatic rings. The maximum absolute atomic E-state index is 14.3. The first-order valence-corrected chi connectivity index (χ1v) is 9.73. The van der Waals surface area contributed by atoms with Crippen LogP contribution in [0.4, 0.5) is 4.39 Å². The molecule has 164 valence electrons. The van der Waals surface area contributed by atoms with Crippen molar-refractivity contribution in [2.24, 2.45) is 0 Å². The number of hydrogen-bond acceptors (Lipinski definition) is 4. The number of aryl methyl sites for hydroxylation is 1. The molecule has 0 aliphatic carbocycles. The van der Waals surface area contributed by atoms with Gasteiger partial charge < -0.3 is 14.6 Å². The fourth-order valence-corrected chi connectivity index (χ4v) is 3.19. The standard InChI is InChI=1S/C24H24FNO4.ClH/c1-3-29-23(13-24(27)28)18-5-7-19(8-6-18)30-15-17-4-9-22(25)20(12-17)21-14-26-11-10-16(21)2;/h4-12,14,23H,3,13,15H2,1-2H3,(H,27,28);1H/t23-;/m0./s1. The van der Waals surface area contributed by atoms with E-state index in [1.165, 1.54) is 6.07 Å². The number of nitrogens with zero attached hydrogens (tertiary/aromatic N) is 1. The van der Waals surface area contributed by atoms with Crippen molar-refractivity contribution in [3.05, 3.63) is 83.4 Å². The summed E-state index contributed by atoms with van der Waals surface area (Å²) in [5, 5.41) is 9.04. The molecule has 0 spiro atoms. The van der Waals surface area contributed by atoms with Crippen molar-refractivity contribution in [3.8, 4) is 16.9 Å². The fraction of sp³-hybridized carbons (Fsp3) is 0.250. The van der Waals surface area contributed by atoms with Crippen LogP contribution in [0.25, 0.3) is 11.1 Å². The smallest absolute Gasteiger partial charge is 0.306 e. The first-order valence-electron chi connectivity index (χ1n) is 9.73. The minimum Gasteiger partial charge on any atom is -0.489 e. The summed E-state index contributed by atoms with van der Waals surface area (Å²) in [6, 6.07) is 13.9. The fourth-order valence-electron chi connectivity index (χ4n) is 3.19. The molecule has 5 nitrogen and oxygen atoms in total. The Morgan fingerprint density at radius 1 is 1.13 bits per heavy atom. The topological polar surface area (TPSA) is 68.7 Å². The highest BCUT2D eigenvalue weighted by Gasteiger charge is 2.16. The van der Waals surface area contributed by atoms with Crippen molar-refractivity contribution in [2.45, 2.75) is 33.0 Å². The molecule has 0 radical (unpaired) electrons. The number of hydrogen-bond donors (Lipinski definition) is 1. The van der Waals surface area contributed by atoms with Crippen molar-refractivity contribution < 1.29 is 23.8 Å². The van der Waals surface area contributed by atoms with Crippen LogP contribution in [-0.2, 0) is 16.1 Å². The van der Waals surface area contributed by atoms with Gasteiger partial charge in [-0.1, -0.05) is 18.2 Å². The lowest BCUT2D eigenvalue weighted by atomic mass is 10.0. The molecular weight excluding hydrogens is 421 g/mol. The Morgan fingerprint density at radius 3 is 2.52 bits per heavy atom. The second-order valence-corrected chi connectivity index (χ2v) is 6.90. The number of carboxylic acid groups (broad SMARTS) is 1. The molecule has 0 unspecified atom stereocenters. The second-order valence-electron chi connectivity index (χ2n) is 6.90. The average Bonchev–Trinajstić information content (AvgIpc) is 2.73. The molecule has 0 saturated heterocycles. The van der Waals surface area contributed by atoms with Gasteiger partial charge in [0.05, 0.1) is 12.5 Å². The molecular formula is C24H25ClFNO4. The lowest BCUT2D eigenvalue weighted by molar-refractivity contribution is -0.140. The van der Waals surface area contributed by atoms with E-state index in [0.29, 0.717) is 17.9 Å². The van der Waals surface area contributed by atoms with Gasteiger partial charge in [0.1, 0.15) is 18.2 Å². The van der Waals surface area contributed by atoms with Crippen LogP contribution in [0.5, 0.6) is 5.75 Å². The SMILES string of the molecule is CCO[C@@H](CC(=O)O)c1ccc(OCc2ccc(F)c(-c3cnccc3C)c2)cc1.Cl. The third-order valence-electron chi connectivity index (χ3n) is 4.75.